The maximum absolute atomic E-state index is 11.0. The Morgan fingerprint density at radius 3 is 2.81 bits per heavy atom. The fourth-order valence-corrected chi connectivity index (χ4v) is 2.85. The van der Waals surface area contributed by atoms with Gasteiger partial charge in [0.15, 0.2) is 0 Å². The molecule has 86 valence electrons. The molecule has 0 fully saturated rings. The van der Waals surface area contributed by atoms with Gasteiger partial charge in [-0.3, -0.25) is 4.79 Å². The molecule has 0 saturated carbocycles. The van der Waals surface area contributed by atoms with Crippen LogP contribution in [0.25, 0.3) is 0 Å². The SMILES string of the molecule is CC(=O)OC1CCC(Br)c2cc(C)ccc21. The Kier molecular flexibility index (Phi) is 3.33. The fraction of sp³-hybridized carbons (Fsp3) is 0.462. The van der Waals surface area contributed by atoms with Gasteiger partial charge in [0.2, 0.25) is 0 Å². The molecule has 2 atom stereocenters. The van der Waals surface area contributed by atoms with E-state index in [4.69, 9.17) is 4.74 Å². The lowest BCUT2D eigenvalue weighted by Crippen LogP contribution is -2.16. The van der Waals surface area contributed by atoms with Gasteiger partial charge in [-0.25, -0.2) is 0 Å². The Labute approximate surface area is 104 Å². The number of rotatable bonds is 1. The quantitative estimate of drug-likeness (QED) is 0.578. The van der Waals surface area contributed by atoms with Gasteiger partial charge in [-0.15, -0.1) is 0 Å². The summed E-state index contributed by atoms with van der Waals surface area (Å²) in [4.78, 5) is 11.4. The van der Waals surface area contributed by atoms with Gasteiger partial charge in [-0.2, -0.15) is 0 Å². The summed E-state index contributed by atoms with van der Waals surface area (Å²) in [6.45, 7) is 3.55. The molecule has 1 aromatic carbocycles. The van der Waals surface area contributed by atoms with Crippen LogP contribution >= 0.6 is 15.9 Å². The average molecular weight is 283 g/mol. The van der Waals surface area contributed by atoms with Crippen LogP contribution in [0.5, 0.6) is 0 Å². The van der Waals surface area contributed by atoms with E-state index in [0.29, 0.717) is 4.83 Å². The summed E-state index contributed by atoms with van der Waals surface area (Å²) in [7, 11) is 0. The van der Waals surface area contributed by atoms with Gasteiger partial charge in [0.1, 0.15) is 6.10 Å². The van der Waals surface area contributed by atoms with Gasteiger partial charge in [0, 0.05) is 11.8 Å². The lowest BCUT2D eigenvalue weighted by molar-refractivity contribution is -0.147. The lowest BCUT2D eigenvalue weighted by Gasteiger charge is -2.28. The van der Waals surface area contributed by atoms with Crippen LogP contribution < -0.4 is 0 Å². The van der Waals surface area contributed by atoms with Crippen LogP contribution in [0, 0.1) is 6.92 Å². The van der Waals surface area contributed by atoms with Crippen molar-refractivity contribution < 1.29 is 9.53 Å². The summed E-state index contributed by atoms with van der Waals surface area (Å²) in [5.74, 6) is -0.204. The summed E-state index contributed by atoms with van der Waals surface area (Å²) in [5.41, 5.74) is 3.65. The highest BCUT2D eigenvalue weighted by Gasteiger charge is 2.27. The van der Waals surface area contributed by atoms with E-state index >= 15 is 0 Å². The molecule has 0 N–H and O–H groups in total. The molecule has 1 aliphatic rings. The fourth-order valence-electron chi connectivity index (χ4n) is 2.19. The first-order valence-electron chi connectivity index (χ1n) is 5.49. The Morgan fingerprint density at radius 2 is 2.12 bits per heavy atom. The molecule has 0 saturated heterocycles. The van der Waals surface area contributed by atoms with Crippen molar-refractivity contribution in [2.45, 2.75) is 37.6 Å². The first-order valence-corrected chi connectivity index (χ1v) is 6.41. The molecule has 0 aliphatic heterocycles. The number of carbonyl (C=O) groups is 1. The van der Waals surface area contributed by atoms with Gasteiger partial charge in [-0.05, 0) is 30.9 Å². The predicted molar refractivity (Wildman–Crippen MR) is 66.6 cm³/mol. The number of hydrogen-bond acceptors (Lipinski definition) is 2. The van der Waals surface area contributed by atoms with E-state index < -0.39 is 0 Å². The van der Waals surface area contributed by atoms with Crippen LogP contribution in [0.1, 0.15) is 47.4 Å². The number of alkyl halides is 1. The van der Waals surface area contributed by atoms with Crippen LogP contribution in [0.15, 0.2) is 18.2 Å². The van der Waals surface area contributed by atoms with Crippen molar-refractivity contribution in [3.8, 4) is 0 Å². The summed E-state index contributed by atoms with van der Waals surface area (Å²) in [5, 5.41) is 0. The number of fused-ring (bicyclic) bond motifs is 1. The predicted octanol–water partition coefficient (Wildman–Crippen LogP) is 3.83. The van der Waals surface area contributed by atoms with Gasteiger partial charge >= 0.3 is 5.97 Å². The third kappa shape index (κ3) is 2.29. The Hall–Kier alpha value is -0.830. The molecule has 2 unspecified atom stereocenters. The van der Waals surface area contributed by atoms with Crippen LogP contribution in [-0.2, 0) is 9.53 Å². The van der Waals surface area contributed by atoms with Crippen LogP contribution in [0.2, 0.25) is 0 Å². The molecule has 3 heteroatoms. The van der Waals surface area contributed by atoms with Crippen molar-refractivity contribution in [1.82, 2.24) is 0 Å². The van der Waals surface area contributed by atoms with Gasteiger partial charge < -0.3 is 4.74 Å². The zero-order valence-corrected chi connectivity index (χ0v) is 11.1. The smallest absolute Gasteiger partial charge is 0.303 e. The molecule has 2 nitrogen and oxygen atoms in total. The van der Waals surface area contributed by atoms with Crippen LogP contribution in [-0.4, -0.2) is 5.97 Å². The maximum Gasteiger partial charge on any atom is 0.303 e. The molecule has 0 radical (unpaired) electrons. The van der Waals surface area contributed by atoms with Crippen molar-refractivity contribution in [3.63, 3.8) is 0 Å². The van der Waals surface area contributed by atoms with Gasteiger partial charge in [0.25, 0.3) is 0 Å². The second-order valence-electron chi connectivity index (χ2n) is 4.28. The van der Waals surface area contributed by atoms with Crippen molar-refractivity contribution in [2.75, 3.05) is 0 Å². The standard InChI is InChI=1S/C13H15BrO2/c1-8-3-4-10-11(7-8)12(14)5-6-13(10)16-9(2)15/h3-4,7,12-13H,5-6H2,1-2H3. The average Bonchev–Trinajstić information content (AvgIpc) is 2.22. The third-order valence-corrected chi connectivity index (χ3v) is 3.87. The zero-order chi connectivity index (χ0) is 11.7. The summed E-state index contributed by atoms with van der Waals surface area (Å²) in [6.07, 6.45) is 1.84. The molecule has 0 spiro atoms. The molecule has 1 aliphatic carbocycles. The minimum atomic E-state index is -0.204. The second kappa shape index (κ2) is 4.58. The molecule has 1 aromatic rings. The topological polar surface area (TPSA) is 26.3 Å². The Bertz CT molecular complexity index is 414. The van der Waals surface area contributed by atoms with E-state index in [1.165, 1.54) is 18.1 Å². The van der Waals surface area contributed by atoms with Gasteiger partial charge in [0.05, 0.1) is 0 Å². The van der Waals surface area contributed by atoms with E-state index in [-0.39, 0.29) is 12.1 Å². The molecule has 16 heavy (non-hydrogen) atoms. The van der Waals surface area contributed by atoms with Crippen LogP contribution in [0.3, 0.4) is 0 Å². The highest BCUT2D eigenvalue weighted by atomic mass is 79.9. The number of carbonyl (C=O) groups excluding carboxylic acids is 1. The normalized spacial score (nSPS) is 23.7. The number of ether oxygens (including phenoxy) is 1. The maximum atomic E-state index is 11.0. The molecule has 0 heterocycles. The highest BCUT2D eigenvalue weighted by Crippen LogP contribution is 2.42. The molecular weight excluding hydrogens is 268 g/mol. The molecule has 0 bridgehead atoms. The Morgan fingerprint density at radius 1 is 1.38 bits per heavy atom. The van der Waals surface area contributed by atoms with E-state index in [1.807, 2.05) is 0 Å². The summed E-state index contributed by atoms with van der Waals surface area (Å²) < 4.78 is 5.35. The van der Waals surface area contributed by atoms with Crippen LogP contribution in [0.4, 0.5) is 0 Å². The monoisotopic (exact) mass is 282 g/mol. The van der Waals surface area contributed by atoms with E-state index in [9.17, 15) is 4.79 Å². The second-order valence-corrected chi connectivity index (χ2v) is 5.38. The van der Waals surface area contributed by atoms with Crippen molar-refractivity contribution in [3.05, 3.63) is 34.9 Å². The molecule has 0 aromatic heterocycles. The minimum absolute atomic E-state index is 0.0677. The van der Waals surface area contributed by atoms with Crippen molar-refractivity contribution in [2.24, 2.45) is 0 Å². The number of hydrogen-bond donors (Lipinski definition) is 0. The van der Waals surface area contributed by atoms with E-state index in [1.54, 1.807) is 0 Å². The number of benzene rings is 1. The molecule has 0 amide bonds. The number of esters is 1. The number of aryl methyl sites for hydroxylation is 1. The number of halogens is 1. The van der Waals surface area contributed by atoms with Crippen molar-refractivity contribution in [1.29, 1.82) is 0 Å². The summed E-state index contributed by atoms with van der Waals surface area (Å²) in [6, 6.07) is 6.32. The van der Waals surface area contributed by atoms with Gasteiger partial charge in [-0.1, -0.05) is 39.7 Å². The first kappa shape index (κ1) is 11.6. The minimum Gasteiger partial charge on any atom is -0.458 e. The Balaban J connectivity index is 2.36. The molecular formula is C13H15BrO2. The van der Waals surface area contributed by atoms with Crippen molar-refractivity contribution >= 4 is 21.9 Å². The third-order valence-electron chi connectivity index (χ3n) is 2.92. The van der Waals surface area contributed by atoms with E-state index in [0.717, 1.165) is 18.4 Å². The molecule has 2 rings (SSSR count). The first-order chi connectivity index (χ1) is 7.58. The highest BCUT2D eigenvalue weighted by molar-refractivity contribution is 9.09. The zero-order valence-electron chi connectivity index (χ0n) is 9.50. The summed E-state index contributed by atoms with van der Waals surface area (Å²) >= 11 is 3.67. The lowest BCUT2D eigenvalue weighted by atomic mass is 9.88. The van der Waals surface area contributed by atoms with E-state index in [2.05, 4.69) is 41.1 Å². The largest absolute Gasteiger partial charge is 0.458 e.